The van der Waals surface area contributed by atoms with Gasteiger partial charge in [-0.1, -0.05) is 19.8 Å². The molecule has 0 spiro atoms. The van der Waals surface area contributed by atoms with Crippen molar-refractivity contribution in [3.63, 3.8) is 0 Å². The van der Waals surface area contributed by atoms with Crippen molar-refractivity contribution in [1.29, 1.82) is 0 Å². The third kappa shape index (κ3) is 4.10. The molecule has 0 aromatic carbocycles. The summed E-state index contributed by atoms with van der Waals surface area (Å²) in [6.07, 6.45) is 6.28. The van der Waals surface area contributed by atoms with E-state index in [1.807, 2.05) is 14.2 Å². The van der Waals surface area contributed by atoms with Gasteiger partial charge in [-0.15, -0.1) is 0 Å². The van der Waals surface area contributed by atoms with Gasteiger partial charge in [0, 0.05) is 22.2 Å². The fourth-order valence-electron chi connectivity index (χ4n) is 6.89. The molecule has 0 N–H and O–H groups in total. The van der Waals surface area contributed by atoms with Gasteiger partial charge in [-0.3, -0.25) is 0 Å². The minimum Gasteiger partial charge on any atom is -0.301 e. The van der Waals surface area contributed by atoms with Gasteiger partial charge in [-0.2, -0.15) is 10.1 Å². The molecule has 0 amide bonds. The zero-order chi connectivity index (χ0) is 20.8. The summed E-state index contributed by atoms with van der Waals surface area (Å²) in [5, 5.41) is 4.47. The average molecular weight is 383 g/mol. The van der Waals surface area contributed by atoms with E-state index in [2.05, 4.69) is 72.4 Å². The minimum absolute atomic E-state index is 0.0825. The summed E-state index contributed by atoms with van der Waals surface area (Å²) >= 11 is 0. The Morgan fingerprint density at radius 3 is 1.74 bits per heavy atom. The largest absolute Gasteiger partial charge is 0.301 e. The van der Waals surface area contributed by atoms with E-state index in [1.165, 1.54) is 32.1 Å². The lowest BCUT2D eigenvalue weighted by atomic mass is 9.75. The highest BCUT2D eigenvalue weighted by Crippen LogP contribution is 2.50. The maximum Gasteiger partial charge on any atom is 0.0575 e. The Kier molecular flexibility index (Phi) is 6.50. The molecule has 0 saturated carbocycles. The minimum atomic E-state index is 0.0825. The summed E-state index contributed by atoms with van der Waals surface area (Å²) in [7, 11) is 3.64. The van der Waals surface area contributed by atoms with E-state index in [1.54, 1.807) is 0 Å². The van der Waals surface area contributed by atoms with E-state index < -0.39 is 0 Å². The van der Waals surface area contributed by atoms with Gasteiger partial charge in [-0.05, 0) is 92.4 Å². The second-order valence-corrected chi connectivity index (χ2v) is 11.5. The molecule has 0 bridgehead atoms. The Morgan fingerprint density at radius 2 is 1.30 bits per heavy atom. The van der Waals surface area contributed by atoms with Crippen LogP contribution in [0.1, 0.15) is 94.4 Å². The third-order valence-corrected chi connectivity index (χ3v) is 7.78. The Bertz CT molecular complexity index is 513. The van der Waals surface area contributed by atoms with Crippen LogP contribution in [0.2, 0.25) is 0 Å². The van der Waals surface area contributed by atoms with Gasteiger partial charge < -0.3 is 9.68 Å². The smallest absolute Gasteiger partial charge is 0.0575 e. The van der Waals surface area contributed by atoms with Gasteiger partial charge in [-0.25, -0.2) is 0 Å². The van der Waals surface area contributed by atoms with Gasteiger partial charge in [0.1, 0.15) is 0 Å². The van der Waals surface area contributed by atoms with Crippen LogP contribution in [0.25, 0.3) is 0 Å². The van der Waals surface area contributed by atoms with Crippen molar-refractivity contribution in [2.75, 3.05) is 14.2 Å². The van der Waals surface area contributed by atoms with Gasteiger partial charge in [0.15, 0.2) is 0 Å². The van der Waals surface area contributed by atoms with E-state index >= 15 is 0 Å². The topological polar surface area (TPSA) is 24.9 Å². The molecule has 2 rings (SSSR count). The van der Waals surface area contributed by atoms with Gasteiger partial charge >= 0.3 is 0 Å². The predicted octanol–water partition coefficient (Wildman–Crippen LogP) is 5.67. The molecule has 0 aromatic heterocycles. The second kappa shape index (κ2) is 7.59. The van der Waals surface area contributed by atoms with E-state index in [4.69, 9.17) is 9.68 Å². The van der Waals surface area contributed by atoms with Gasteiger partial charge in [0.05, 0.1) is 14.2 Å². The first-order chi connectivity index (χ1) is 12.2. The number of hydrogen-bond donors (Lipinski definition) is 0. The summed E-state index contributed by atoms with van der Waals surface area (Å²) < 4.78 is 0. The van der Waals surface area contributed by atoms with Crippen molar-refractivity contribution in [2.24, 2.45) is 17.8 Å². The van der Waals surface area contributed by atoms with Crippen molar-refractivity contribution in [3.05, 3.63) is 0 Å². The molecular formula is C23H46N2O2. The van der Waals surface area contributed by atoms with Crippen molar-refractivity contribution in [3.8, 4) is 0 Å². The van der Waals surface area contributed by atoms with Crippen molar-refractivity contribution in [2.45, 2.75) is 117 Å². The molecule has 27 heavy (non-hydrogen) atoms. The summed E-state index contributed by atoms with van der Waals surface area (Å²) in [6, 6.07) is 0. The zero-order valence-corrected chi connectivity index (χ0v) is 20.0. The molecule has 3 atom stereocenters. The first-order valence-electron chi connectivity index (χ1n) is 10.9. The van der Waals surface area contributed by atoms with Crippen LogP contribution in [-0.4, -0.2) is 46.5 Å². The van der Waals surface area contributed by atoms with Crippen LogP contribution in [0.15, 0.2) is 0 Å². The van der Waals surface area contributed by atoms with Crippen molar-refractivity contribution < 1.29 is 9.68 Å². The molecule has 0 radical (unpaired) electrons. The number of rotatable bonds is 7. The third-order valence-electron chi connectivity index (χ3n) is 7.78. The first-order valence-corrected chi connectivity index (χ1v) is 10.9. The summed E-state index contributed by atoms with van der Waals surface area (Å²) in [6.45, 7) is 21.1. The number of hydrogen-bond acceptors (Lipinski definition) is 4. The molecule has 2 heterocycles. The van der Waals surface area contributed by atoms with Crippen LogP contribution in [0, 0.1) is 17.8 Å². The Balaban J connectivity index is 1.96. The van der Waals surface area contributed by atoms with E-state index in [-0.39, 0.29) is 22.2 Å². The quantitative estimate of drug-likeness (QED) is 0.566. The molecule has 3 unspecified atom stereocenters. The Labute approximate surface area is 168 Å². The molecule has 0 aliphatic carbocycles. The Hall–Kier alpha value is -0.160. The lowest BCUT2D eigenvalue weighted by molar-refractivity contribution is -0.225. The second-order valence-electron chi connectivity index (χ2n) is 11.5. The summed E-state index contributed by atoms with van der Waals surface area (Å²) in [4.78, 5) is 11.6. The predicted molar refractivity (Wildman–Crippen MR) is 113 cm³/mol. The molecule has 2 aliphatic rings. The van der Waals surface area contributed by atoms with Crippen molar-refractivity contribution >= 4 is 0 Å². The van der Waals surface area contributed by atoms with Gasteiger partial charge in [0.2, 0.25) is 0 Å². The fourth-order valence-corrected chi connectivity index (χ4v) is 6.89. The van der Waals surface area contributed by atoms with Crippen LogP contribution < -0.4 is 0 Å². The van der Waals surface area contributed by atoms with Gasteiger partial charge in [0.25, 0.3) is 0 Å². The highest BCUT2D eigenvalue weighted by atomic mass is 16.7. The van der Waals surface area contributed by atoms with Crippen LogP contribution in [0.3, 0.4) is 0 Å². The normalized spacial score (nSPS) is 33.4. The Morgan fingerprint density at radius 1 is 0.815 bits per heavy atom. The maximum absolute atomic E-state index is 5.80. The maximum atomic E-state index is 5.80. The monoisotopic (exact) mass is 382 g/mol. The average Bonchev–Trinajstić information content (AvgIpc) is 2.80. The molecule has 4 heteroatoms. The molecule has 4 nitrogen and oxygen atoms in total. The lowest BCUT2D eigenvalue weighted by Gasteiger charge is -2.40. The van der Waals surface area contributed by atoms with Crippen molar-refractivity contribution in [1.82, 2.24) is 10.1 Å². The first kappa shape index (κ1) is 23.1. The number of nitrogens with zero attached hydrogens (tertiary/aromatic N) is 2. The molecule has 160 valence electrons. The molecule has 2 aliphatic heterocycles. The molecule has 2 saturated heterocycles. The van der Waals surface area contributed by atoms with E-state index in [0.717, 1.165) is 0 Å². The fraction of sp³-hybridized carbons (Fsp3) is 1.00. The standard InChI is InChI=1S/C23H46N2O2/c1-17(19-16-21(4,5)25(27-11)23(19,8)9)13-12-14-18-15-20(2,3)24(26-10)22(18,6)7/h17-19H,12-16H2,1-11H3. The summed E-state index contributed by atoms with van der Waals surface area (Å²) in [5.74, 6) is 2.05. The summed E-state index contributed by atoms with van der Waals surface area (Å²) in [5.41, 5.74) is 0.403. The van der Waals surface area contributed by atoms with Crippen LogP contribution in [-0.2, 0) is 9.68 Å². The molecular weight excluding hydrogens is 336 g/mol. The molecule has 2 fully saturated rings. The van der Waals surface area contributed by atoms with Crippen LogP contribution in [0.4, 0.5) is 0 Å². The highest BCUT2D eigenvalue weighted by molar-refractivity contribution is 5.04. The van der Waals surface area contributed by atoms with E-state index in [9.17, 15) is 0 Å². The van der Waals surface area contributed by atoms with Crippen LogP contribution >= 0.6 is 0 Å². The lowest BCUT2D eigenvalue weighted by Crippen LogP contribution is -2.49. The zero-order valence-electron chi connectivity index (χ0n) is 20.0. The number of hydroxylamine groups is 4. The molecule has 0 aromatic rings. The SMILES string of the molecule is CON1C(C)(C)CC(CCCC(C)C2CC(C)(C)N(OC)C2(C)C)C1(C)C. The highest BCUT2D eigenvalue weighted by Gasteiger charge is 2.54. The van der Waals surface area contributed by atoms with Crippen LogP contribution in [0.5, 0.6) is 0 Å². The van der Waals surface area contributed by atoms with E-state index in [0.29, 0.717) is 17.8 Å².